The topological polar surface area (TPSA) is 92.6 Å². The molecule has 168 valence electrons. The van der Waals surface area contributed by atoms with Gasteiger partial charge in [-0.3, -0.25) is 14.6 Å². The highest BCUT2D eigenvalue weighted by atomic mass is 28.3. The molecule has 1 unspecified atom stereocenters. The molecule has 2 aromatic carbocycles. The van der Waals surface area contributed by atoms with Gasteiger partial charge in [0.1, 0.15) is 23.7 Å². The summed E-state index contributed by atoms with van der Waals surface area (Å²) in [5.74, 6) is -0.733. The summed E-state index contributed by atoms with van der Waals surface area (Å²) in [7, 11) is 1.66. The van der Waals surface area contributed by atoms with E-state index in [1.54, 1.807) is 31.4 Å². The van der Waals surface area contributed by atoms with E-state index in [4.69, 9.17) is 4.74 Å². The predicted octanol–water partition coefficient (Wildman–Crippen LogP) is 3.15. The fourth-order valence-corrected chi connectivity index (χ4v) is 4.69. The van der Waals surface area contributed by atoms with Crippen LogP contribution in [0.1, 0.15) is 27.7 Å². The smallest absolute Gasteiger partial charge is 0.416 e. The van der Waals surface area contributed by atoms with E-state index in [1.165, 1.54) is 17.1 Å². The number of likely N-dealkylation sites (N-methyl/N-ethyl adjacent to an activating group) is 1. The second kappa shape index (κ2) is 9.40. The molecule has 0 spiro atoms. The number of ether oxygens (including phenoxy) is 1. The van der Waals surface area contributed by atoms with Crippen molar-refractivity contribution < 1.29 is 18.7 Å². The summed E-state index contributed by atoms with van der Waals surface area (Å²) < 4.78 is 9.90. The van der Waals surface area contributed by atoms with Crippen LogP contribution in [0.15, 0.2) is 64.0 Å². The van der Waals surface area contributed by atoms with Crippen LogP contribution in [0.5, 0.6) is 5.75 Å². The minimum atomic E-state index is -1.44. The molecular formula is C24H28N2O5Si. The fourth-order valence-electron chi connectivity index (χ4n) is 3.52. The monoisotopic (exact) mass is 452 g/mol. The summed E-state index contributed by atoms with van der Waals surface area (Å²) in [6.07, 6.45) is 1.23. The van der Waals surface area contributed by atoms with Gasteiger partial charge in [-0.25, -0.2) is 4.79 Å². The second-order valence-electron chi connectivity index (χ2n) is 8.74. The molecule has 1 heterocycles. The number of nitrogens with zero attached hydrogens (tertiary/aromatic N) is 1. The van der Waals surface area contributed by atoms with Crippen LogP contribution in [0.25, 0.3) is 0 Å². The van der Waals surface area contributed by atoms with Gasteiger partial charge in [0.15, 0.2) is 5.78 Å². The van der Waals surface area contributed by atoms with Crippen LogP contribution >= 0.6 is 0 Å². The number of benzene rings is 2. The number of aromatic amines is 1. The molecule has 0 saturated heterocycles. The van der Waals surface area contributed by atoms with Crippen LogP contribution in [0, 0.1) is 0 Å². The van der Waals surface area contributed by atoms with Crippen LogP contribution < -0.4 is 15.7 Å². The Kier molecular flexibility index (Phi) is 6.83. The van der Waals surface area contributed by atoms with Crippen molar-refractivity contribution in [3.05, 3.63) is 82.2 Å². The first-order chi connectivity index (χ1) is 15.1. The van der Waals surface area contributed by atoms with Crippen molar-refractivity contribution in [2.45, 2.75) is 32.1 Å². The maximum absolute atomic E-state index is 13.4. The van der Waals surface area contributed by atoms with Gasteiger partial charge in [0.25, 0.3) is 5.91 Å². The highest BCUT2D eigenvalue weighted by molar-refractivity contribution is 6.88. The lowest BCUT2D eigenvalue weighted by molar-refractivity contribution is -0.122. The number of ketones is 1. The van der Waals surface area contributed by atoms with Crippen LogP contribution in [-0.2, 0) is 11.2 Å². The number of H-pyrrole nitrogens is 1. The molecule has 0 aliphatic heterocycles. The normalized spacial score (nSPS) is 12.3. The van der Waals surface area contributed by atoms with E-state index in [0.29, 0.717) is 11.3 Å². The third-order valence-corrected chi connectivity index (χ3v) is 7.46. The first-order valence-corrected chi connectivity index (χ1v) is 13.8. The van der Waals surface area contributed by atoms with E-state index in [2.05, 4.69) is 41.2 Å². The van der Waals surface area contributed by atoms with Gasteiger partial charge in [0, 0.05) is 13.5 Å². The third kappa shape index (κ3) is 5.26. The zero-order valence-electron chi connectivity index (χ0n) is 19.0. The Balaban J connectivity index is 1.91. The number of methoxy groups -OCH3 is 1. The number of Topliss-reactive ketones (excluding diaryl/α,β-unsaturated/α-hetero) is 1. The van der Waals surface area contributed by atoms with Crippen LogP contribution in [0.2, 0.25) is 19.6 Å². The Bertz CT molecular complexity index is 1140. The van der Waals surface area contributed by atoms with Crippen molar-refractivity contribution in [1.29, 1.82) is 0 Å². The Morgan fingerprint density at radius 3 is 2.19 bits per heavy atom. The van der Waals surface area contributed by atoms with E-state index >= 15 is 0 Å². The summed E-state index contributed by atoms with van der Waals surface area (Å²) >= 11 is 0. The van der Waals surface area contributed by atoms with Gasteiger partial charge in [0.2, 0.25) is 0 Å². The average Bonchev–Trinajstić information content (AvgIpc) is 3.19. The summed E-state index contributed by atoms with van der Waals surface area (Å²) in [5.41, 5.74) is 1.52. The maximum Gasteiger partial charge on any atom is 0.416 e. The summed E-state index contributed by atoms with van der Waals surface area (Å²) in [6.45, 7) is 6.81. The minimum Gasteiger partial charge on any atom is -0.497 e. The van der Waals surface area contributed by atoms with Gasteiger partial charge in [-0.2, -0.15) is 0 Å². The predicted molar refractivity (Wildman–Crippen MR) is 125 cm³/mol. The number of oxazole rings is 1. The number of rotatable bonds is 8. The number of hydrogen-bond acceptors (Lipinski definition) is 5. The van der Waals surface area contributed by atoms with Crippen molar-refractivity contribution in [2.24, 2.45) is 0 Å². The summed E-state index contributed by atoms with van der Waals surface area (Å²) in [6, 6.07) is 14.3. The average molecular weight is 453 g/mol. The van der Waals surface area contributed by atoms with E-state index in [1.807, 2.05) is 12.1 Å². The zero-order valence-corrected chi connectivity index (χ0v) is 20.0. The van der Waals surface area contributed by atoms with Crippen molar-refractivity contribution in [3.63, 3.8) is 0 Å². The molecular weight excluding hydrogens is 424 g/mol. The second-order valence-corrected chi connectivity index (χ2v) is 13.8. The molecule has 8 heteroatoms. The van der Waals surface area contributed by atoms with Gasteiger partial charge in [-0.05, 0) is 23.3 Å². The van der Waals surface area contributed by atoms with Crippen molar-refractivity contribution in [2.75, 3.05) is 14.2 Å². The molecule has 1 amide bonds. The lowest BCUT2D eigenvalue weighted by Crippen LogP contribution is -2.38. The molecule has 0 bridgehead atoms. The van der Waals surface area contributed by atoms with E-state index in [9.17, 15) is 14.4 Å². The van der Waals surface area contributed by atoms with Crippen molar-refractivity contribution >= 4 is 25.0 Å². The molecule has 0 aliphatic rings. The molecule has 0 radical (unpaired) electrons. The Morgan fingerprint density at radius 2 is 1.69 bits per heavy atom. The Labute approximate surface area is 188 Å². The molecule has 32 heavy (non-hydrogen) atoms. The molecule has 3 aromatic rings. The molecule has 1 N–H and O–H groups in total. The Hall–Kier alpha value is -3.39. The van der Waals surface area contributed by atoms with Crippen molar-refractivity contribution in [3.8, 4) is 5.75 Å². The van der Waals surface area contributed by atoms with Gasteiger partial charge < -0.3 is 14.1 Å². The number of aromatic nitrogens is 1. The summed E-state index contributed by atoms with van der Waals surface area (Å²) in [4.78, 5) is 41.4. The van der Waals surface area contributed by atoms with E-state index in [-0.39, 0.29) is 17.9 Å². The quantitative estimate of drug-likeness (QED) is 0.530. The molecule has 0 aliphatic carbocycles. The SMILES string of the molecule is COc1ccc(C(C(=O)Cc2ccc([Si](C)(C)C)cc2)N(C)C(=O)c2coc(=O)[nH]2)cc1. The highest BCUT2D eigenvalue weighted by Gasteiger charge is 2.30. The minimum absolute atomic E-state index is 0.0108. The number of carbonyl (C=O) groups is 2. The van der Waals surface area contributed by atoms with Gasteiger partial charge in [-0.1, -0.05) is 61.2 Å². The first kappa shape index (κ1) is 23.3. The van der Waals surface area contributed by atoms with Gasteiger partial charge in [0.05, 0.1) is 15.2 Å². The Morgan fingerprint density at radius 1 is 1.06 bits per heavy atom. The lowest BCUT2D eigenvalue weighted by atomic mass is 9.96. The number of nitrogens with one attached hydrogen (secondary N) is 1. The fraction of sp³-hybridized carbons (Fsp3) is 0.292. The highest BCUT2D eigenvalue weighted by Crippen LogP contribution is 2.26. The molecule has 0 saturated carbocycles. The zero-order chi connectivity index (χ0) is 23.5. The number of amides is 1. The van der Waals surface area contributed by atoms with E-state index in [0.717, 1.165) is 11.8 Å². The molecule has 3 rings (SSSR count). The van der Waals surface area contributed by atoms with Crippen molar-refractivity contribution in [1.82, 2.24) is 9.88 Å². The van der Waals surface area contributed by atoms with Crippen LogP contribution in [-0.4, -0.2) is 43.8 Å². The van der Waals surface area contributed by atoms with E-state index < -0.39 is 25.8 Å². The van der Waals surface area contributed by atoms with Crippen LogP contribution in [0.4, 0.5) is 0 Å². The standard InChI is InChI=1S/C24H28N2O5Si/c1-26(23(28)20-15-31-24(29)25-20)22(17-8-10-18(30-2)11-9-17)21(27)14-16-6-12-19(13-7-16)32(3,4)5/h6-13,15,22H,14H2,1-5H3,(H,25,29). The van der Waals surface area contributed by atoms with Gasteiger partial charge >= 0.3 is 5.76 Å². The lowest BCUT2D eigenvalue weighted by Gasteiger charge is -2.27. The summed E-state index contributed by atoms with van der Waals surface area (Å²) in [5, 5.41) is 1.32. The molecule has 0 fully saturated rings. The maximum atomic E-state index is 13.4. The first-order valence-electron chi connectivity index (χ1n) is 10.3. The third-order valence-electron chi connectivity index (χ3n) is 5.39. The largest absolute Gasteiger partial charge is 0.497 e. The number of hydrogen-bond donors (Lipinski definition) is 1. The van der Waals surface area contributed by atoms with Gasteiger partial charge in [-0.15, -0.1) is 0 Å². The molecule has 1 atom stereocenters. The molecule has 7 nitrogen and oxygen atoms in total. The molecule has 1 aromatic heterocycles. The van der Waals surface area contributed by atoms with Crippen LogP contribution in [0.3, 0.4) is 0 Å². The number of carbonyl (C=O) groups excluding carboxylic acids is 2.